The Bertz CT molecular complexity index is 1310. The van der Waals surface area contributed by atoms with Crippen molar-refractivity contribution in [3.63, 3.8) is 0 Å². The van der Waals surface area contributed by atoms with E-state index in [0.717, 1.165) is 5.56 Å². The summed E-state index contributed by atoms with van der Waals surface area (Å²) in [5.74, 6) is 1.37. The zero-order chi connectivity index (χ0) is 28.9. The Morgan fingerprint density at radius 2 is 1.50 bits per heavy atom. The predicted molar refractivity (Wildman–Crippen MR) is 154 cm³/mol. The molecule has 5 rings (SSSR count). The minimum atomic E-state index is -0.945. The van der Waals surface area contributed by atoms with E-state index >= 15 is 0 Å². The molecule has 1 aliphatic rings. The first-order valence-corrected chi connectivity index (χ1v) is 14.0. The molecule has 0 radical (unpaired) electrons. The van der Waals surface area contributed by atoms with Crippen molar-refractivity contribution in [1.29, 1.82) is 0 Å². The summed E-state index contributed by atoms with van der Waals surface area (Å²) in [5, 5.41) is 31.3. The number of halogens is 2. The molecule has 4 aromatic rings. The van der Waals surface area contributed by atoms with E-state index in [2.05, 4.69) is 27.1 Å². The van der Waals surface area contributed by atoms with E-state index in [1.54, 1.807) is 35.3 Å². The molecule has 0 aliphatic heterocycles. The number of aliphatic hydroxyl groups excluding tert-OH is 1. The molecule has 1 saturated carbocycles. The van der Waals surface area contributed by atoms with E-state index in [9.17, 15) is 10.2 Å². The molecule has 11 heteroatoms. The molecule has 40 heavy (non-hydrogen) atoms. The Kier molecular flexibility index (Phi) is 9.51. The molecule has 1 fully saturated rings. The normalized spacial score (nSPS) is 17.2. The molecular formula is C29H36Cl2N6O3. The Morgan fingerprint density at radius 3 is 2.00 bits per heavy atom. The smallest absolute Gasteiger partial charge is 0.219 e. The van der Waals surface area contributed by atoms with Crippen LogP contribution in [-0.2, 0) is 12.1 Å². The number of ether oxygens (including phenoxy) is 1. The van der Waals surface area contributed by atoms with Crippen molar-refractivity contribution >= 4 is 23.2 Å². The van der Waals surface area contributed by atoms with Gasteiger partial charge in [0.2, 0.25) is 6.23 Å². The van der Waals surface area contributed by atoms with E-state index in [4.69, 9.17) is 27.9 Å². The van der Waals surface area contributed by atoms with Crippen LogP contribution in [0.2, 0.25) is 10.0 Å². The second-order valence-electron chi connectivity index (χ2n) is 11.3. The van der Waals surface area contributed by atoms with Gasteiger partial charge in [-0.05, 0) is 72.1 Å². The van der Waals surface area contributed by atoms with Gasteiger partial charge in [0.25, 0.3) is 0 Å². The van der Waals surface area contributed by atoms with Crippen molar-refractivity contribution in [1.82, 2.24) is 29.5 Å². The second-order valence-corrected chi connectivity index (χ2v) is 12.2. The molecule has 214 valence electrons. The standard InChI is InChI=1S/C15H18ClN3O.C14H18ClN3O2/c1-11(12-2-3-12)15(20,8-19-10-17-9-18-19)13-4-6-14(16)7-5-13;1-14(2,3)12(19)13(18-9-16-8-17-18)20-11-6-4-10(15)5-7-11/h4-7,9-12,20H,2-3,8H2,1H3;4-9,12-13,19H,1-3H3. The molecule has 2 aromatic heterocycles. The summed E-state index contributed by atoms with van der Waals surface area (Å²) in [4.78, 5) is 7.86. The molecule has 2 heterocycles. The van der Waals surface area contributed by atoms with Crippen LogP contribution in [0.1, 0.15) is 52.3 Å². The lowest BCUT2D eigenvalue weighted by Crippen LogP contribution is -2.39. The third-order valence-corrected chi connectivity index (χ3v) is 7.73. The molecule has 2 N–H and O–H groups in total. The quantitative estimate of drug-likeness (QED) is 0.255. The molecule has 9 nitrogen and oxygen atoms in total. The average Bonchev–Trinajstić information content (AvgIpc) is 3.37. The highest BCUT2D eigenvalue weighted by atomic mass is 35.5. The third-order valence-electron chi connectivity index (χ3n) is 7.22. The summed E-state index contributed by atoms with van der Waals surface area (Å²) >= 11 is 11.8. The van der Waals surface area contributed by atoms with Crippen molar-refractivity contribution < 1.29 is 14.9 Å². The van der Waals surface area contributed by atoms with E-state index in [1.807, 2.05) is 45.0 Å². The molecule has 0 spiro atoms. The van der Waals surface area contributed by atoms with Crippen molar-refractivity contribution in [2.45, 2.75) is 65.0 Å². The molecule has 0 saturated heterocycles. The van der Waals surface area contributed by atoms with E-state index in [1.165, 1.54) is 36.5 Å². The van der Waals surface area contributed by atoms with Gasteiger partial charge >= 0.3 is 0 Å². The first kappa shape index (κ1) is 30.0. The van der Waals surface area contributed by atoms with Crippen molar-refractivity contribution in [3.05, 3.63) is 89.4 Å². The van der Waals surface area contributed by atoms with Crippen LogP contribution >= 0.6 is 23.2 Å². The van der Waals surface area contributed by atoms with Crippen LogP contribution in [0, 0.1) is 17.3 Å². The summed E-state index contributed by atoms with van der Waals surface area (Å²) in [6.07, 6.45) is 7.04. The van der Waals surface area contributed by atoms with Gasteiger partial charge in [0.05, 0.1) is 6.54 Å². The maximum absolute atomic E-state index is 11.3. The highest BCUT2D eigenvalue weighted by molar-refractivity contribution is 6.30. The van der Waals surface area contributed by atoms with Crippen LogP contribution in [0.5, 0.6) is 5.75 Å². The Morgan fingerprint density at radius 1 is 0.925 bits per heavy atom. The number of nitrogens with zero attached hydrogens (tertiary/aromatic N) is 6. The van der Waals surface area contributed by atoms with Crippen LogP contribution in [-0.4, -0.2) is 45.8 Å². The lowest BCUT2D eigenvalue weighted by Gasteiger charge is -2.35. The maximum Gasteiger partial charge on any atom is 0.219 e. The first-order chi connectivity index (χ1) is 19.0. The van der Waals surface area contributed by atoms with Gasteiger partial charge in [-0.25, -0.2) is 19.3 Å². The SMILES string of the molecule is CC(C)(C)C(O)C(Oc1ccc(Cl)cc1)n1cncn1.CC(C1CC1)C(O)(Cn1cncn1)c1ccc(Cl)cc1. The predicted octanol–water partition coefficient (Wildman–Crippen LogP) is 5.78. The van der Waals surface area contributed by atoms with Gasteiger partial charge in [0, 0.05) is 10.0 Å². The molecular weight excluding hydrogens is 551 g/mol. The number of rotatable bonds is 9. The molecule has 0 bridgehead atoms. The van der Waals surface area contributed by atoms with E-state index in [-0.39, 0.29) is 11.3 Å². The second kappa shape index (κ2) is 12.7. The van der Waals surface area contributed by atoms with Gasteiger partial charge in [-0.2, -0.15) is 10.2 Å². The zero-order valence-corrected chi connectivity index (χ0v) is 24.6. The zero-order valence-electron chi connectivity index (χ0n) is 23.1. The van der Waals surface area contributed by atoms with Crippen LogP contribution in [0.15, 0.2) is 73.8 Å². The van der Waals surface area contributed by atoms with Gasteiger partial charge in [0.1, 0.15) is 42.8 Å². The van der Waals surface area contributed by atoms with Crippen molar-refractivity contribution in [2.24, 2.45) is 17.3 Å². The number of aromatic nitrogens is 6. The van der Waals surface area contributed by atoms with Gasteiger partial charge in [-0.15, -0.1) is 0 Å². The minimum absolute atomic E-state index is 0.174. The fourth-order valence-corrected chi connectivity index (χ4v) is 4.73. The largest absolute Gasteiger partial charge is 0.466 e. The third kappa shape index (κ3) is 7.60. The van der Waals surface area contributed by atoms with E-state index in [0.29, 0.717) is 28.3 Å². The Balaban J connectivity index is 0.000000185. The summed E-state index contributed by atoms with van der Waals surface area (Å²) < 4.78 is 9.05. The molecule has 1 aliphatic carbocycles. The summed E-state index contributed by atoms with van der Waals surface area (Å²) in [6.45, 7) is 8.34. The number of hydrogen-bond acceptors (Lipinski definition) is 7. The summed E-state index contributed by atoms with van der Waals surface area (Å²) in [5.41, 5.74) is -0.417. The number of aliphatic hydroxyl groups is 2. The monoisotopic (exact) mass is 586 g/mol. The summed E-state index contributed by atoms with van der Waals surface area (Å²) in [7, 11) is 0. The lowest BCUT2D eigenvalue weighted by molar-refractivity contribution is -0.0731. The highest BCUT2D eigenvalue weighted by Gasteiger charge is 2.44. The van der Waals surface area contributed by atoms with Crippen LogP contribution in [0.4, 0.5) is 0 Å². The summed E-state index contributed by atoms with van der Waals surface area (Å²) in [6, 6.07) is 14.4. The fraction of sp³-hybridized carbons (Fsp3) is 0.448. The van der Waals surface area contributed by atoms with Gasteiger partial charge in [0.15, 0.2) is 0 Å². The average molecular weight is 588 g/mol. The fourth-order valence-electron chi connectivity index (χ4n) is 4.48. The highest BCUT2D eigenvalue weighted by Crippen LogP contribution is 2.46. The van der Waals surface area contributed by atoms with Crippen LogP contribution in [0.3, 0.4) is 0 Å². The Hall–Kier alpha value is -2.98. The molecule has 4 unspecified atom stereocenters. The van der Waals surface area contributed by atoms with Crippen LogP contribution < -0.4 is 4.74 Å². The topological polar surface area (TPSA) is 111 Å². The maximum atomic E-state index is 11.3. The van der Waals surface area contributed by atoms with Gasteiger partial charge in [-0.1, -0.05) is 63.0 Å². The van der Waals surface area contributed by atoms with E-state index < -0.39 is 17.9 Å². The van der Waals surface area contributed by atoms with Crippen molar-refractivity contribution in [3.8, 4) is 5.75 Å². The van der Waals surface area contributed by atoms with Crippen molar-refractivity contribution in [2.75, 3.05) is 0 Å². The number of benzene rings is 2. The van der Waals surface area contributed by atoms with Crippen LogP contribution in [0.25, 0.3) is 0 Å². The Labute approximate surface area is 244 Å². The van der Waals surface area contributed by atoms with Gasteiger partial charge < -0.3 is 14.9 Å². The lowest BCUT2D eigenvalue weighted by atomic mass is 9.79. The first-order valence-electron chi connectivity index (χ1n) is 13.2. The van der Waals surface area contributed by atoms with Gasteiger partial charge in [-0.3, -0.25) is 0 Å². The molecule has 4 atom stereocenters. The molecule has 0 amide bonds. The minimum Gasteiger partial charge on any atom is -0.466 e. The molecule has 2 aromatic carbocycles. The number of hydrogen-bond donors (Lipinski definition) is 2.